The second-order valence-corrected chi connectivity index (χ2v) is 13.8. The summed E-state index contributed by atoms with van der Waals surface area (Å²) < 4.78 is 41.3. The van der Waals surface area contributed by atoms with Crippen LogP contribution >= 0.6 is 12.4 Å². The van der Waals surface area contributed by atoms with Gasteiger partial charge in [0.05, 0.1) is 23.4 Å². The highest BCUT2D eigenvalue weighted by Gasteiger charge is 2.47. The molecule has 1 amide bonds. The van der Waals surface area contributed by atoms with Crippen molar-refractivity contribution in [3.05, 3.63) is 46.5 Å². The van der Waals surface area contributed by atoms with Crippen molar-refractivity contribution in [3.8, 4) is 11.5 Å². The molecule has 6 rings (SSSR count). The van der Waals surface area contributed by atoms with Gasteiger partial charge >= 0.3 is 20.3 Å². The normalized spacial score (nSPS) is 22.0. The number of alkyl carbamates (subject to hydrolysis) is 1. The second-order valence-electron chi connectivity index (χ2n) is 13.8. The first-order valence-corrected chi connectivity index (χ1v) is 14.9. The topological polar surface area (TPSA) is 120 Å². The van der Waals surface area contributed by atoms with Crippen molar-refractivity contribution in [3.63, 3.8) is 0 Å². The number of hydrogen-bond donors (Lipinski definition) is 2. The molecule has 0 spiro atoms. The summed E-state index contributed by atoms with van der Waals surface area (Å²) in [5.74, 6) is 1.65. The number of benzene rings is 2. The predicted molar refractivity (Wildman–Crippen MR) is 173 cm³/mol. The van der Waals surface area contributed by atoms with Gasteiger partial charge in [0.1, 0.15) is 30.3 Å². The van der Waals surface area contributed by atoms with Crippen LogP contribution in [-0.2, 0) is 23.4 Å². The SMILES string of the molecule is Cc1ccc2c3c1C(CN)OB3OC(C)(C)CO2.Cc1ccc2c3c1C(CNC(=O)OC(C)(C)C)OB3OC(C)(C)CO2.Cl. The molecule has 3 N–H and O–H groups in total. The minimum Gasteiger partial charge on any atom is -0.491 e. The second kappa shape index (κ2) is 12.7. The van der Waals surface area contributed by atoms with E-state index in [1.807, 2.05) is 73.6 Å². The van der Waals surface area contributed by atoms with Crippen LogP contribution in [0.4, 0.5) is 4.79 Å². The lowest BCUT2D eigenvalue weighted by molar-refractivity contribution is 0.0249. The van der Waals surface area contributed by atoms with Crippen molar-refractivity contribution in [1.29, 1.82) is 0 Å². The maximum Gasteiger partial charge on any atom is 0.499 e. The maximum atomic E-state index is 12.0. The summed E-state index contributed by atoms with van der Waals surface area (Å²) in [7, 11) is -0.853. The van der Waals surface area contributed by atoms with Gasteiger partial charge in [0.25, 0.3) is 0 Å². The summed E-state index contributed by atoms with van der Waals surface area (Å²) in [6, 6.07) is 8.02. The van der Waals surface area contributed by atoms with Gasteiger partial charge in [-0.05, 0) is 96.7 Å². The first kappa shape index (κ1) is 34.4. The minimum absolute atomic E-state index is 0. The van der Waals surface area contributed by atoms with Crippen molar-refractivity contribution >= 4 is 43.7 Å². The van der Waals surface area contributed by atoms with Crippen LogP contribution in [-0.4, -0.2) is 63.4 Å². The van der Waals surface area contributed by atoms with Crippen LogP contribution < -0.4 is 31.4 Å². The molecule has 13 heteroatoms. The molecule has 4 heterocycles. The number of halogens is 1. The Bertz CT molecular complexity index is 1380. The van der Waals surface area contributed by atoms with E-state index in [0.29, 0.717) is 26.3 Å². The van der Waals surface area contributed by atoms with Gasteiger partial charge in [0.2, 0.25) is 0 Å². The zero-order valence-corrected chi connectivity index (χ0v) is 28.0. The average Bonchev–Trinajstić information content (AvgIpc) is 3.37. The summed E-state index contributed by atoms with van der Waals surface area (Å²) in [6.45, 7) is 19.3. The van der Waals surface area contributed by atoms with Crippen molar-refractivity contribution in [2.45, 2.75) is 91.3 Å². The van der Waals surface area contributed by atoms with E-state index < -0.39 is 24.4 Å². The molecule has 44 heavy (non-hydrogen) atoms. The molecule has 0 radical (unpaired) electrons. The van der Waals surface area contributed by atoms with E-state index in [2.05, 4.69) is 18.3 Å². The van der Waals surface area contributed by atoms with Crippen LogP contribution in [0, 0.1) is 13.8 Å². The fourth-order valence-corrected chi connectivity index (χ4v) is 5.75. The summed E-state index contributed by atoms with van der Waals surface area (Å²) in [5.41, 5.74) is 10.8. The molecule has 0 aromatic heterocycles. The van der Waals surface area contributed by atoms with Crippen LogP contribution in [0.3, 0.4) is 0 Å². The largest absolute Gasteiger partial charge is 0.499 e. The lowest BCUT2D eigenvalue weighted by Gasteiger charge is -2.25. The quantitative estimate of drug-likeness (QED) is 0.488. The fourth-order valence-electron chi connectivity index (χ4n) is 5.75. The Hall–Kier alpha value is -2.47. The molecule has 240 valence electrons. The Morgan fingerprint density at radius 1 is 0.886 bits per heavy atom. The molecular weight excluding hydrogens is 585 g/mol. The number of amides is 1. The standard InChI is InChI=1S/C18H26BNO5.C13H18BNO3.ClH/c1-11-7-8-12-15-14(11)13(9-20-16(21)23-17(2,3)4)24-19(15)25-18(5,6)10-22-12;1-8-4-5-9-12-11(8)10(6-15)17-14(12)18-13(2,3)7-16-9;/h7-8,13H,9-10H2,1-6H3,(H,20,21);4-5,10H,6-7,15H2,1-3H3;1H. The molecule has 2 aromatic carbocycles. The molecule has 4 aliphatic rings. The van der Waals surface area contributed by atoms with Gasteiger partial charge in [-0.1, -0.05) is 12.1 Å². The number of ether oxygens (including phenoxy) is 3. The van der Waals surface area contributed by atoms with Gasteiger partial charge in [-0.3, -0.25) is 0 Å². The smallest absolute Gasteiger partial charge is 0.491 e. The minimum atomic E-state index is -0.536. The van der Waals surface area contributed by atoms with Gasteiger partial charge in [0, 0.05) is 24.0 Å². The third kappa shape index (κ3) is 7.32. The highest BCUT2D eigenvalue weighted by molar-refractivity contribution is 6.65. The van der Waals surface area contributed by atoms with Crippen LogP contribution in [0.25, 0.3) is 0 Å². The van der Waals surface area contributed by atoms with E-state index in [9.17, 15) is 4.79 Å². The molecule has 0 fully saturated rings. The van der Waals surface area contributed by atoms with E-state index in [4.69, 9.17) is 38.6 Å². The zero-order chi connectivity index (χ0) is 31.3. The molecule has 0 aliphatic carbocycles. The highest BCUT2D eigenvalue weighted by atomic mass is 35.5. The number of nitrogens with one attached hydrogen (secondary N) is 1. The number of rotatable bonds is 3. The van der Waals surface area contributed by atoms with Gasteiger partial charge in [-0.25, -0.2) is 4.79 Å². The third-order valence-corrected chi connectivity index (χ3v) is 7.67. The van der Waals surface area contributed by atoms with Crippen LogP contribution in [0.5, 0.6) is 11.5 Å². The van der Waals surface area contributed by atoms with Crippen LogP contribution in [0.2, 0.25) is 0 Å². The Morgan fingerprint density at radius 3 is 1.80 bits per heavy atom. The van der Waals surface area contributed by atoms with Gasteiger partial charge in [-0.2, -0.15) is 0 Å². The molecule has 4 aliphatic heterocycles. The molecule has 0 saturated carbocycles. The Morgan fingerprint density at radius 2 is 1.34 bits per heavy atom. The highest BCUT2D eigenvalue weighted by Crippen LogP contribution is 2.36. The summed E-state index contributed by atoms with van der Waals surface area (Å²) in [5, 5.41) is 2.79. The zero-order valence-electron chi connectivity index (χ0n) is 27.2. The van der Waals surface area contributed by atoms with Crippen molar-refractivity contribution in [2.75, 3.05) is 26.3 Å². The first-order chi connectivity index (χ1) is 20.1. The number of nitrogens with two attached hydrogens (primary N) is 1. The third-order valence-electron chi connectivity index (χ3n) is 7.67. The van der Waals surface area contributed by atoms with Crippen molar-refractivity contribution < 1.29 is 37.6 Å². The van der Waals surface area contributed by atoms with Gasteiger partial charge < -0.3 is 43.9 Å². The summed E-state index contributed by atoms with van der Waals surface area (Å²) in [6.07, 6.45) is -0.855. The van der Waals surface area contributed by atoms with Crippen molar-refractivity contribution in [1.82, 2.24) is 5.32 Å². The Labute approximate surface area is 267 Å². The number of carbonyl (C=O) groups excluding carboxylic acids is 1. The fraction of sp³-hybridized carbons (Fsp3) is 0.581. The van der Waals surface area contributed by atoms with Crippen LogP contribution in [0.1, 0.15) is 82.9 Å². The Kier molecular flexibility index (Phi) is 9.95. The first-order valence-electron chi connectivity index (χ1n) is 14.9. The molecule has 2 atom stereocenters. The van der Waals surface area contributed by atoms with E-state index in [1.54, 1.807) is 0 Å². The molecule has 2 unspecified atom stereocenters. The summed E-state index contributed by atoms with van der Waals surface area (Å²) in [4.78, 5) is 12.0. The van der Waals surface area contributed by atoms with Crippen molar-refractivity contribution in [2.24, 2.45) is 5.73 Å². The maximum absolute atomic E-state index is 12.0. The number of aryl methyl sites for hydroxylation is 2. The molecular formula is C31H45B2ClN2O8. The molecule has 10 nitrogen and oxygen atoms in total. The van der Waals surface area contributed by atoms with Gasteiger partial charge in [-0.15, -0.1) is 12.4 Å². The monoisotopic (exact) mass is 630 g/mol. The van der Waals surface area contributed by atoms with E-state index in [0.717, 1.165) is 39.1 Å². The lowest BCUT2D eigenvalue weighted by Crippen LogP contribution is -2.41. The Balaban J connectivity index is 0.000000206. The molecule has 0 bridgehead atoms. The van der Waals surface area contributed by atoms with Crippen LogP contribution in [0.15, 0.2) is 24.3 Å². The van der Waals surface area contributed by atoms with E-state index >= 15 is 0 Å². The average molecular weight is 631 g/mol. The molecule has 0 saturated heterocycles. The number of hydrogen-bond acceptors (Lipinski definition) is 9. The summed E-state index contributed by atoms with van der Waals surface area (Å²) >= 11 is 0. The van der Waals surface area contributed by atoms with E-state index in [1.165, 1.54) is 5.56 Å². The number of carbonyl (C=O) groups is 1. The predicted octanol–water partition coefficient (Wildman–Crippen LogP) is 3.80. The van der Waals surface area contributed by atoms with Gasteiger partial charge in [0.15, 0.2) is 0 Å². The molecule has 2 aromatic rings. The van der Waals surface area contributed by atoms with E-state index in [-0.39, 0.29) is 37.3 Å². The lowest BCUT2D eigenvalue weighted by atomic mass is 9.76.